The van der Waals surface area contributed by atoms with Crippen LogP contribution in [0.3, 0.4) is 0 Å². The van der Waals surface area contributed by atoms with Crippen LogP contribution in [-0.4, -0.2) is 22.8 Å². The first-order chi connectivity index (χ1) is 5.38. The Bertz CT molecular complexity index is 255. The van der Waals surface area contributed by atoms with Crippen LogP contribution in [0.2, 0.25) is 0 Å². The smallest absolute Gasteiger partial charge is 0.0952 e. The van der Waals surface area contributed by atoms with Gasteiger partial charge in [0.25, 0.3) is 0 Å². The average Bonchev–Trinajstić information content (AvgIpc) is 2.25. The third-order valence-corrected chi connectivity index (χ3v) is 2.11. The zero-order valence-electron chi connectivity index (χ0n) is 6.71. The molecule has 0 amide bonds. The number of imidazole rings is 1. The van der Waals surface area contributed by atoms with Gasteiger partial charge in [0.15, 0.2) is 0 Å². The highest BCUT2D eigenvalue weighted by Crippen LogP contribution is 2.09. The Balaban J connectivity index is 2.35. The highest BCUT2D eigenvalue weighted by atomic mass is 16.5. The van der Waals surface area contributed by atoms with Gasteiger partial charge in [-0.05, 0) is 6.92 Å². The molecule has 1 aliphatic heterocycles. The van der Waals surface area contributed by atoms with Crippen molar-refractivity contribution in [1.29, 1.82) is 0 Å². The van der Waals surface area contributed by atoms with Gasteiger partial charge in [-0.25, -0.2) is 4.98 Å². The van der Waals surface area contributed by atoms with Crippen molar-refractivity contribution < 1.29 is 4.74 Å². The minimum absolute atomic E-state index is 0.822. The maximum absolute atomic E-state index is 5.34. The van der Waals surface area contributed by atoms with Gasteiger partial charge in [0, 0.05) is 18.7 Å². The Morgan fingerprint density at radius 2 is 2.45 bits per heavy atom. The molecule has 0 N–H and O–H groups in total. The van der Waals surface area contributed by atoms with Crippen LogP contribution in [0, 0.1) is 6.92 Å². The zero-order valence-corrected chi connectivity index (χ0v) is 6.71. The van der Waals surface area contributed by atoms with E-state index in [0.29, 0.717) is 0 Å². The van der Waals surface area contributed by atoms with Gasteiger partial charge >= 0.3 is 0 Å². The predicted molar refractivity (Wildman–Crippen MR) is 41.5 cm³/mol. The van der Waals surface area contributed by atoms with E-state index in [2.05, 4.69) is 16.5 Å². The third kappa shape index (κ3) is 1.16. The van der Waals surface area contributed by atoms with E-state index in [1.165, 1.54) is 5.69 Å². The third-order valence-electron chi connectivity index (χ3n) is 2.11. The zero-order chi connectivity index (χ0) is 7.68. The lowest BCUT2D eigenvalue weighted by atomic mass is 10.3. The lowest BCUT2D eigenvalue weighted by Crippen LogP contribution is -2.01. The molecule has 0 saturated carbocycles. The number of hydrogen-bond donors (Lipinski definition) is 0. The summed E-state index contributed by atoms with van der Waals surface area (Å²) < 4.78 is 7.52. The molecular weight excluding hydrogens is 140 g/mol. The van der Waals surface area contributed by atoms with Crippen LogP contribution in [0.15, 0.2) is 6.33 Å². The van der Waals surface area contributed by atoms with E-state index in [0.717, 1.165) is 31.9 Å². The number of nitrogens with zero attached hydrogens (tertiary/aromatic N) is 2. The second-order valence-corrected chi connectivity index (χ2v) is 2.83. The molecule has 60 valence electrons. The van der Waals surface area contributed by atoms with Crippen molar-refractivity contribution in [1.82, 2.24) is 9.55 Å². The van der Waals surface area contributed by atoms with Crippen molar-refractivity contribution in [3.8, 4) is 0 Å². The van der Waals surface area contributed by atoms with Crippen LogP contribution >= 0.6 is 0 Å². The van der Waals surface area contributed by atoms with Gasteiger partial charge in [-0.3, -0.25) is 0 Å². The molecule has 0 atom stereocenters. The molecule has 0 unspecified atom stereocenters. The Kier molecular flexibility index (Phi) is 1.66. The molecule has 0 radical (unpaired) electrons. The summed E-state index contributed by atoms with van der Waals surface area (Å²) in [5, 5.41) is 0. The topological polar surface area (TPSA) is 27.1 Å². The second kappa shape index (κ2) is 2.66. The minimum atomic E-state index is 0.822. The van der Waals surface area contributed by atoms with Crippen LogP contribution in [-0.2, 0) is 17.7 Å². The largest absolute Gasteiger partial charge is 0.379 e. The van der Waals surface area contributed by atoms with Crippen LogP contribution in [0.4, 0.5) is 0 Å². The van der Waals surface area contributed by atoms with Crippen molar-refractivity contribution in [2.75, 3.05) is 13.2 Å². The number of aryl methyl sites for hydroxylation is 1. The monoisotopic (exact) mass is 152 g/mol. The minimum Gasteiger partial charge on any atom is -0.379 e. The van der Waals surface area contributed by atoms with Crippen molar-refractivity contribution >= 4 is 0 Å². The predicted octanol–water partition coefficient (Wildman–Crippen LogP) is 0.764. The Morgan fingerprint density at radius 3 is 3.36 bits per heavy atom. The highest BCUT2D eigenvalue weighted by Gasteiger charge is 2.09. The molecule has 0 saturated heterocycles. The van der Waals surface area contributed by atoms with Gasteiger partial charge in [-0.15, -0.1) is 0 Å². The van der Waals surface area contributed by atoms with Gasteiger partial charge in [-0.2, -0.15) is 0 Å². The van der Waals surface area contributed by atoms with Crippen LogP contribution < -0.4 is 0 Å². The molecule has 11 heavy (non-hydrogen) atoms. The summed E-state index contributed by atoms with van der Waals surface area (Å²) in [6.07, 6.45) is 2.91. The van der Waals surface area contributed by atoms with E-state index in [1.807, 2.05) is 6.33 Å². The Hall–Kier alpha value is -0.830. The maximum Gasteiger partial charge on any atom is 0.0952 e. The maximum atomic E-state index is 5.34. The summed E-state index contributed by atoms with van der Waals surface area (Å²) in [4.78, 5) is 4.25. The van der Waals surface area contributed by atoms with E-state index in [9.17, 15) is 0 Å². The SMILES string of the molecule is Cc1ncn2c1CCOCC2. The lowest BCUT2D eigenvalue weighted by Gasteiger charge is -2.00. The number of hydrogen-bond acceptors (Lipinski definition) is 2. The van der Waals surface area contributed by atoms with Crippen LogP contribution in [0.25, 0.3) is 0 Å². The average molecular weight is 152 g/mol. The summed E-state index contributed by atoms with van der Waals surface area (Å²) in [7, 11) is 0. The fourth-order valence-corrected chi connectivity index (χ4v) is 1.46. The summed E-state index contributed by atoms with van der Waals surface area (Å²) >= 11 is 0. The van der Waals surface area contributed by atoms with Crippen molar-refractivity contribution in [2.24, 2.45) is 0 Å². The quantitative estimate of drug-likeness (QED) is 0.549. The number of fused-ring (bicyclic) bond motifs is 1. The fourth-order valence-electron chi connectivity index (χ4n) is 1.46. The Morgan fingerprint density at radius 1 is 1.55 bits per heavy atom. The van der Waals surface area contributed by atoms with Crippen molar-refractivity contribution in [3.05, 3.63) is 17.7 Å². The molecule has 0 aromatic carbocycles. The number of rotatable bonds is 0. The summed E-state index contributed by atoms with van der Waals surface area (Å²) in [5.41, 5.74) is 2.48. The van der Waals surface area contributed by atoms with Crippen molar-refractivity contribution in [3.63, 3.8) is 0 Å². The summed E-state index contributed by atoms with van der Waals surface area (Å²) in [5.74, 6) is 0. The fraction of sp³-hybridized carbons (Fsp3) is 0.625. The molecule has 1 aliphatic rings. The molecule has 3 heteroatoms. The molecule has 2 heterocycles. The van der Waals surface area contributed by atoms with E-state index >= 15 is 0 Å². The van der Waals surface area contributed by atoms with Gasteiger partial charge in [0.2, 0.25) is 0 Å². The molecule has 0 aliphatic carbocycles. The molecule has 2 rings (SSSR count). The van der Waals surface area contributed by atoms with Gasteiger partial charge in [0.05, 0.1) is 25.2 Å². The van der Waals surface area contributed by atoms with Crippen molar-refractivity contribution in [2.45, 2.75) is 19.9 Å². The molecule has 0 spiro atoms. The molecular formula is C8H12N2O. The Labute approximate surface area is 66.0 Å². The summed E-state index contributed by atoms with van der Waals surface area (Å²) in [6, 6.07) is 0. The lowest BCUT2D eigenvalue weighted by molar-refractivity contribution is 0.140. The standard InChI is InChI=1S/C8H12N2O/c1-7-8-2-4-11-5-3-10(8)6-9-7/h6H,2-5H2,1H3. The first-order valence-corrected chi connectivity index (χ1v) is 3.96. The van der Waals surface area contributed by atoms with E-state index in [-0.39, 0.29) is 0 Å². The molecule has 0 fully saturated rings. The number of aromatic nitrogens is 2. The van der Waals surface area contributed by atoms with Gasteiger partial charge < -0.3 is 9.30 Å². The molecule has 1 aromatic rings. The first kappa shape index (κ1) is 6.85. The summed E-state index contributed by atoms with van der Waals surface area (Å²) in [6.45, 7) is 4.67. The first-order valence-electron chi connectivity index (χ1n) is 3.96. The van der Waals surface area contributed by atoms with E-state index in [1.54, 1.807) is 0 Å². The van der Waals surface area contributed by atoms with Gasteiger partial charge in [-0.1, -0.05) is 0 Å². The second-order valence-electron chi connectivity index (χ2n) is 2.83. The normalized spacial score (nSPS) is 17.5. The highest BCUT2D eigenvalue weighted by molar-refractivity contribution is 5.11. The van der Waals surface area contributed by atoms with Gasteiger partial charge in [0.1, 0.15) is 0 Å². The van der Waals surface area contributed by atoms with Crippen LogP contribution in [0.1, 0.15) is 11.4 Å². The number of ether oxygens (including phenoxy) is 1. The molecule has 1 aromatic heterocycles. The molecule has 3 nitrogen and oxygen atoms in total. The molecule has 0 bridgehead atoms. The van der Waals surface area contributed by atoms with Crippen LogP contribution in [0.5, 0.6) is 0 Å². The van der Waals surface area contributed by atoms with E-state index < -0.39 is 0 Å². The van der Waals surface area contributed by atoms with E-state index in [4.69, 9.17) is 4.74 Å².